The molecular weight excluding hydrogens is 751 g/mol. The van der Waals surface area contributed by atoms with E-state index < -0.39 is 74.2 Å². The van der Waals surface area contributed by atoms with Crippen molar-refractivity contribution in [3.8, 4) is 0 Å². The average Bonchev–Trinajstić information content (AvgIpc) is 3.24. The van der Waals surface area contributed by atoms with E-state index in [9.17, 15) is 40.5 Å². The number of aliphatic hydroxyl groups excluding tert-OH is 7. The molecule has 352 valence electrons. The third-order valence-electron chi connectivity index (χ3n) is 12.7. The fourth-order valence-electron chi connectivity index (χ4n) is 8.18. The molecule has 1 fully saturated rings. The lowest BCUT2D eigenvalue weighted by Gasteiger charge is -2.40. The van der Waals surface area contributed by atoms with Gasteiger partial charge in [0.25, 0.3) is 0 Å². The Kier molecular flexibility index (Phi) is 35.8. The van der Waals surface area contributed by atoms with E-state index in [-0.39, 0.29) is 6.42 Å². The Morgan fingerprint density at radius 1 is 0.576 bits per heavy atom. The Labute approximate surface area is 360 Å². The Hall–Kier alpha value is -0.890. The molecular formula is C48H95NO10. The number of rotatable bonds is 41. The predicted octanol–water partition coefficient (Wildman–Crippen LogP) is 8.53. The van der Waals surface area contributed by atoms with Crippen LogP contribution in [-0.2, 0) is 14.3 Å². The van der Waals surface area contributed by atoms with Crippen LogP contribution in [0.15, 0.2) is 0 Å². The smallest absolute Gasteiger partial charge is 0.249 e. The monoisotopic (exact) mass is 846 g/mol. The molecule has 0 saturated carbocycles. The van der Waals surface area contributed by atoms with Crippen LogP contribution >= 0.6 is 0 Å². The maximum absolute atomic E-state index is 13.1. The molecule has 0 bridgehead atoms. The van der Waals surface area contributed by atoms with E-state index in [1.807, 2.05) is 0 Å². The fraction of sp³-hybridized carbons (Fsp3) is 0.979. The Morgan fingerprint density at radius 3 is 1.41 bits per heavy atom. The number of amides is 1. The summed E-state index contributed by atoms with van der Waals surface area (Å²) in [5.74, 6) is 0.135. The number of aliphatic hydroxyl groups is 7. The van der Waals surface area contributed by atoms with Gasteiger partial charge in [-0.2, -0.15) is 0 Å². The van der Waals surface area contributed by atoms with Gasteiger partial charge in [-0.3, -0.25) is 4.79 Å². The van der Waals surface area contributed by atoms with Gasteiger partial charge in [0.2, 0.25) is 5.91 Å². The molecule has 8 N–H and O–H groups in total. The van der Waals surface area contributed by atoms with Crippen LogP contribution in [0.5, 0.6) is 0 Å². The maximum Gasteiger partial charge on any atom is 0.249 e. The van der Waals surface area contributed by atoms with Gasteiger partial charge in [0.05, 0.1) is 25.4 Å². The van der Waals surface area contributed by atoms with Crippen molar-refractivity contribution in [1.82, 2.24) is 5.32 Å². The third-order valence-corrected chi connectivity index (χ3v) is 12.7. The topological polar surface area (TPSA) is 189 Å². The molecule has 1 saturated heterocycles. The van der Waals surface area contributed by atoms with Gasteiger partial charge in [-0.05, 0) is 18.8 Å². The van der Waals surface area contributed by atoms with Crippen molar-refractivity contribution in [2.45, 2.75) is 281 Å². The highest BCUT2D eigenvalue weighted by Gasteiger charge is 2.44. The molecule has 11 heteroatoms. The van der Waals surface area contributed by atoms with E-state index in [4.69, 9.17) is 9.47 Å². The molecule has 59 heavy (non-hydrogen) atoms. The van der Waals surface area contributed by atoms with E-state index in [1.54, 1.807) is 0 Å². The second-order valence-electron chi connectivity index (χ2n) is 18.1. The average molecular weight is 846 g/mol. The molecule has 10 atom stereocenters. The predicted molar refractivity (Wildman–Crippen MR) is 238 cm³/mol. The van der Waals surface area contributed by atoms with Crippen molar-refractivity contribution >= 4 is 5.91 Å². The Morgan fingerprint density at radius 2 is 0.983 bits per heavy atom. The largest absolute Gasteiger partial charge is 0.394 e. The summed E-state index contributed by atoms with van der Waals surface area (Å²) in [5, 5.41) is 75.8. The van der Waals surface area contributed by atoms with Gasteiger partial charge in [-0.1, -0.05) is 213 Å². The summed E-state index contributed by atoms with van der Waals surface area (Å²) in [7, 11) is 0. The minimum atomic E-state index is -1.66. The number of carbonyl (C=O) groups excluding carboxylic acids is 1. The molecule has 11 nitrogen and oxygen atoms in total. The fourth-order valence-corrected chi connectivity index (χ4v) is 8.18. The summed E-state index contributed by atoms with van der Waals surface area (Å²) in [6.07, 6.45) is 25.7. The van der Waals surface area contributed by atoms with Gasteiger partial charge in [-0.25, -0.2) is 0 Å². The van der Waals surface area contributed by atoms with Crippen molar-refractivity contribution in [3.63, 3.8) is 0 Å². The highest BCUT2D eigenvalue weighted by atomic mass is 16.7. The zero-order chi connectivity index (χ0) is 43.5. The van der Waals surface area contributed by atoms with E-state index >= 15 is 0 Å². The van der Waals surface area contributed by atoms with Crippen LogP contribution in [0, 0.1) is 5.92 Å². The van der Waals surface area contributed by atoms with E-state index in [1.165, 1.54) is 141 Å². The highest BCUT2D eigenvalue weighted by molar-refractivity contribution is 5.80. The summed E-state index contributed by atoms with van der Waals surface area (Å²) < 4.78 is 11.1. The molecule has 1 amide bonds. The first-order chi connectivity index (χ1) is 28.6. The standard InChI is InChI=1S/C48H95NO10/c1-4-6-7-8-9-10-11-12-13-14-15-16-17-18-23-26-29-32-35-41(52)47(57)49-39(37-58-48-46(56)45(55)44(54)42(36-50)59-48)43(53)40(51)34-31-28-25-22-20-19-21-24-27-30-33-38(3)5-2/h38-46,48,50-56H,4-37H2,1-3H3,(H,49,57)/t38?,39?,40?,41?,42?,43?,44-,45?,46?,48-/m1/s1. The van der Waals surface area contributed by atoms with E-state index in [0.29, 0.717) is 19.3 Å². The zero-order valence-corrected chi connectivity index (χ0v) is 38.2. The number of hydrogen-bond acceptors (Lipinski definition) is 10. The molecule has 1 aliphatic rings. The van der Waals surface area contributed by atoms with Gasteiger partial charge in [0, 0.05) is 0 Å². The first-order valence-corrected chi connectivity index (χ1v) is 24.8. The molecule has 1 heterocycles. The van der Waals surface area contributed by atoms with Crippen molar-refractivity contribution in [3.05, 3.63) is 0 Å². The second-order valence-corrected chi connectivity index (χ2v) is 18.1. The van der Waals surface area contributed by atoms with Crippen molar-refractivity contribution in [2.75, 3.05) is 13.2 Å². The van der Waals surface area contributed by atoms with Gasteiger partial charge in [0.15, 0.2) is 6.29 Å². The van der Waals surface area contributed by atoms with Crippen LogP contribution in [0.2, 0.25) is 0 Å². The molecule has 0 aromatic rings. The normalized spacial score (nSPS) is 22.2. The second kappa shape index (κ2) is 37.6. The van der Waals surface area contributed by atoms with Crippen LogP contribution in [-0.4, -0.2) is 110 Å². The number of nitrogens with one attached hydrogen (secondary N) is 1. The molecule has 8 unspecified atom stereocenters. The lowest BCUT2D eigenvalue weighted by atomic mass is 9.98. The minimum Gasteiger partial charge on any atom is -0.394 e. The van der Waals surface area contributed by atoms with Gasteiger partial charge < -0.3 is 50.5 Å². The summed E-state index contributed by atoms with van der Waals surface area (Å²) in [5.41, 5.74) is 0. The van der Waals surface area contributed by atoms with Gasteiger partial charge >= 0.3 is 0 Å². The zero-order valence-electron chi connectivity index (χ0n) is 38.2. The van der Waals surface area contributed by atoms with Crippen molar-refractivity contribution in [1.29, 1.82) is 0 Å². The van der Waals surface area contributed by atoms with Crippen molar-refractivity contribution in [2.24, 2.45) is 5.92 Å². The maximum atomic E-state index is 13.1. The minimum absolute atomic E-state index is 0.266. The molecule has 0 aliphatic carbocycles. The first-order valence-electron chi connectivity index (χ1n) is 24.8. The summed E-state index contributed by atoms with van der Waals surface area (Å²) in [4.78, 5) is 13.1. The molecule has 1 rings (SSSR count). The van der Waals surface area contributed by atoms with Crippen LogP contribution < -0.4 is 5.32 Å². The van der Waals surface area contributed by atoms with Crippen LogP contribution in [0.4, 0.5) is 0 Å². The van der Waals surface area contributed by atoms with Crippen LogP contribution in [0.3, 0.4) is 0 Å². The van der Waals surface area contributed by atoms with Gasteiger partial charge in [0.1, 0.15) is 36.6 Å². The van der Waals surface area contributed by atoms with Crippen LogP contribution in [0.1, 0.15) is 226 Å². The van der Waals surface area contributed by atoms with Gasteiger partial charge in [-0.15, -0.1) is 0 Å². The molecule has 0 radical (unpaired) electrons. The van der Waals surface area contributed by atoms with Crippen LogP contribution in [0.25, 0.3) is 0 Å². The lowest BCUT2D eigenvalue weighted by Crippen LogP contribution is -2.60. The number of carbonyl (C=O) groups is 1. The summed E-state index contributed by atoms with van der Waals surface area (Å²) in [6, 6.07) is -1.16. The first kappa shape index (κ1) is 56.1. The molecule has 0 aromatic carbocycles. The highest BCUT2D eigenvalue weighted by Crippen LogP contribution is 2.23. The number of ether oxygens (including phenoxy) is 2. The third kappa shape index (κ3) is 27.7. The quantitative estimate of drug-likeness (QED) is 0.0277. The molecule has 0 spiro atoms. The molecule has 1 aliphatic heterocycles. The SMILES string of the molecule is CCCCCCCCCCCCCCCCCCCCC(O)C(=O)NC(CO[C@@H]1OC(CO)[C@@H](O)C(O)C1O)C(O)C(O)CCCCCCCCCCCCC(C)CC. The molecule has 0 aromatic heterocycles. The van der Waals surface area contributed by atoms with Crippen molar-refractivity contribution < 1.29 is 50.0 Å². The Bertz CT molecular complexity index is 943. The van der Waals surface area contributed by atoms with E-state index in [0.717, 1.165) is 44.4 Å². The number of hydrogen-bond donors (Lipinski definition) is 8. The summed E-state index contributed by atoms with van der Waals surface area (Å²) in [6.45, 7) is 5.80. The Balaban J connectivity index is 2.40. The number of unbranched alkanes of at least 4 members (excludes halogenated alkanes) is 26. The summed E-state index contributed by atoms with van der Waals surface area (Å²) >= 11 is 0. The van der Waals surface area contributed by atoms with E-state index in [2.05, 4.69) is 26.1 Å². The lowest BCUT2D eigenvalue weighted by molar-refractivity contribution is -0.303.